The molecule has 1 aliphatic rings. The average molecular weight is 247 g/mol. The van der Waals surface area contributed by atoms with E-state index in [0.29, 0.717) is 11.0 Å². The summed E-state index contributed by atoms with van der Waals surface area (Å²) in [6, 6.07) is 3.65. The Hall–Kier alpha value is -1.89. The summed E-state index contributed by atoms with van der Waals surface area (Å²) in [6.45, 7) is 1.84. The van der Waals surface area contributed by atoms with E-state index in [9.17, 15) is 4.79 Å². The summed E-state index contributed by atoms with van der Waals surface area (Å²) in [5.74, 6) is 0.577. The van der Waals surface area contributed by atoms with Crippen LogP contribution in [0.2, 0.25) is 0 Å². The number of nitrogens with zero attached hydrogens (tertiary/aromatic N) is 4. The number of amides is 1. The summed E-state index contributed by atoms with van der Waals surface area (Å²) in [5, 5.41) is 8.70. The lowest BCUT2D eigenvalue weighted by Gasteiger charge is -2.19. The van der Waals surface area contributed by atoms with E-state index in [1.165, 1.54) is 11.8 Å². The number of pyridine rings is 1. The molecule has 3 rings (SSSR count). The van der Waals surface area contributed by atoms with Crippen LogP contribution in [0.3, 0.4) is 0 Å². The summed E-state index contributed by atoms with van der Waals surface area (Å²) in [6.07, 6.45) is 3.36. The Labute approximate surface area is 101 Å². The molecular weight excluding hydrogens is 238 g/mol. The van der Waals surface area contributed by atoms with Crippen molar-refractivity contribution in [1.82, 2.24) is 19.9 Å². The number of hydrogen-bond acceptors (Lipinski definition) is 5. The number of nitrogens with one attached hydrogen (secondary N) is 1. The maximum Gasteiger partial charge on any atom is 0.252 e. The molecule has 1 aliphatic heterocycles. The summed E-state index contributed by atoms with van der Waals surface area (Å²) in [7, 11) is 0. The Bertz CT molecular complexity index is 567. The summed E-state index contributed by atoms with van der Waals surface area (Å²) < 4.78 is 1.61. The molecule has 2 aromatic heterocycles. The molecule has 0 spiro atoms. The highest BCUT2D eigenvalue weighted by Gasteiger charge is 2.27. The van der Waals surface area contributed by atoms with E-state index >= 15 is 0 Å². The smallest absolute Gasteiger partial charge is 0.252 e. The summed E-state index contributed by atoms with van der Waals surface area (Å²) in [4.78, 5) is 15.6. The molecule has 86 valence electrons. The van der Waals surface area contributed by atoms with Gasteiger partial charge in [-0.2, -0.15) is 0 Å². The van der Waals surface area contributed by atoms with Crippen LogP contribution in [-0.2, 0) is 4.79 Å². The molecule has 0 bridgehead atoms. The van der Waals surface area contributed by atoms with Gasteiger partial charge in [0.05, 0.1) is 5.25 Å². The highest BCUT2D eigenvalue weighted by atomic mass is 32.2. The first-order valence-electron chi connectivity index (χ1n) is 5.09. The minimum absolute atomic E-state index is 0.0439. The number of hydrogen-bond donors (Lipinski definition) is 1. The van der Waals surface area contributed by atoms with Gasteiger partial charge in [-0.25, -0.2) is 4.68 Å². The molecule has 1 atom stereocenters. The molecule has 0 fully saturated rings. The van der Waals surface area contributed by atoms with Crippen LogP contribution in [0.1, 0.15) is 6.92 Å². The van der Waals surface area contributed by atoms with Gasteiger partial charge in [0.1, 0.15) is 0 Å². The van der Waals surface area contributed by atoms with E-state index in [4.69, 9.17) is 0 Å². The third kappa shape index (κ3) is 1.68. The van der Waals surface area contributed by atoms with Gasteiger partial charge >= 0.3 is 0 Å². The highest BCUT2D eigenvalue weighted by molar-refractivity contribution is 8.00. The second-order valence-electron chi connectivity index (χ2n) is 3.61. The van der Waals surface area contributed by atoms with Crippen LogP contribution >= 0.6 is 11.8 Å². The molecule has 0 radical (unpaired) electrons. The van der Waals surface area contributed by atoms with Crippen molar-refractivity contribution in [3.05, 3.63) is 24.5 Å². The van der Waals surface area contributed by atoms with E-state index in [2.05, 4.69) is 20.6 Å². The van der Waals surface area contributed by atoms with Crippen molar-refractivity contribution in [3.63, 3.8) is 0 Å². The number of carbonyl (C=O) groups is 1. The second kappa shape index (κ2) is 3.85. The van der Waals surface area contributed by atoms with Gasteiger partial charge in [-0.05, 0) is 19.1 Å². The standard InChI is InChI=1S/C10H9N5OS/c1-6-9(16)14-15-8(12-13-10(15)17-6)7-2-4-11-5-3-7/h2-6H,1H3,(H,14,16). The Morgan fingerprint density at radius 2 is 2.12 bits per heavy atom. The van der Waals surface area contributed by atoms with Crippen LogP contribution in [0.5, 0.6) is 0 Å². The average Bonchev–Trinajstić information content (AvgIpc) is 2.74. The third-order valence-electron chi connectivity index (χ3n) is 2.45. The molecular formula is C10H9N5OS. The normalized spacial score (nSPS) is 18.6. The van der Waals surface area contributed by atoms with E-state index in [0.717, 1.165) is 5.56 Å². The quantitative estimate of drug-likeness (QED) is 0.810. The van der Waals surface area contributed by atoms with Gasteiger partial charge in [0, 0.05) is 18.0 Å². The molecule has 1 unspecified atom stereocenters. The van der Waals surface area contributed by atoms with E-state index in [-0.39, 0.29) is 11.2 Å². The van der Waals surface area contributed by atoms with E-state index < -0.39 is 0 Å². The van der Waals surface area contributed by atoms with E-state index in [1.807, 2.05) is 19.1 Å². The Kier molecular flexibility index (Phi) is 2.32. The fourth-order valence-corrected chi connectivity index (χ4v) is 2.35. The molecule has 3 heterocycles. The summed E-state index contributed by atoms with van der Waals surface area (Å²) >= 11 is 1.40. The number of carbonyl (C=O) groups excluding carboxylic acids is 1. The maximum absolute atomic E-state index is 11.6. The Morgan fingerprint density at radius 1 is 1.35 bits per heavy atom. The first kappa shape index (κ1) is 10.3. The van der Waals surface area contributed by atoms with Crippen LogP contribution in [0.25, 0.3) is 11.4 Å². The number of rotatable bonds is 1. The Morgan fingerprint density at radius 3 is 2.88 bits per heavy atom. The number of fused-ring (bicyclic) bond motifs is 1. The van der Waals surface area contributed by atoms with Crippen LogP contribution in [0.15, 0.2) is 29.7 Å². The van der Waals surface area contributed by atoms with Crippen molar-refractivity contribution in [3.8, 4) is 11.4 Å². The van der Waals surface area contributed by atoms with Gasteiger partial charge in [0.15, 0.2) is 5.82 Å². The zero-order valence-corrected chi connectivity index (χ0v) is 9.81. The van der Waals surface area contributed by atoms with Crippen LogP contribution in [0, 0.1) is 0 Å². The van der Waals surface area contributed by atoms with Crippen molar-refractivity contribution in [1.29, 1.82) is 0 Å². The fraction of sp³-hybridized carbons (Fsp3) is 0.200. The molecule has 6 nitrogen and oxygen atoms in total. The lowest BCUT2D eigenvalue weighted by Crippen LogP contribution is -2.35. The van der Waals surface area contributed by atoms with E-state index in [1.54, 1.807) is 17.1 Å². The van der Waals surface area contributed by atoms with Crippen LogP contribution < -0.4 is 5.43 Å². The maximum atomic E-state index is 11.6. The third-order valence-corrected chi connectivity index (χ3v) is 3.49. The van der Waals surface area contributed by atoms with Crippen LogP contribution in [0.4, 0.5) is 0 Å². The summed E-state index contributed by atoms with van der Waals surface area (Å²) in [5.41, 5.74) is 3.64. The monoisotopic (exact) mass is 247 g/mol. The topological polar surface area (TPSA) is 72.7 Å². The Balaban J connectivity index is 2.07. The van der Waals surface area contributed by atoms with Crippen molar-refractivity contribution >= 4 is 17.7 Å². The van der Waals surface area contributed by atoms with Crippen molar-refractivity contribution in [2.24, 2.45) is 0 Å². The van der Waals surface area contributed by atoms with Gasteiger partial charge in [-0.15, -0.1) is 10.2 Å². The van der Waals surface area contributed by atoms with Crippen molar-refractivity contribution < 1.29 is 4.79 Å². The van der Waals surface area contributed by atoms with Gasteiger partial charge < -0.3 is 0 Å². The van der Waals surface area contributed by atoms with Gasteiger partial charge in [-0.3, -0.25) is 15.2 Å². The first-order chi connectivity index (χ1) is 8.25. The molecule has 0 saturated heterocycles. The first-order valence-corrected chi connectivity index (χ1v) is 5.97. The predicted octanol–water partition coefficient (Wildman–Crippen LogP) is 0.904. The van der Waals surface area contributed by atoms with Crippen molar-refractivity contribution in [2.45, 2.75) is 17.3 Å². The predicted molar refractivity (Wildman–Crippen MR) is 62.9 cm³/mol. The minimum atomic E-state index is -0.142. The molecule has 17 heavy (non-hydrogen) atoms. The SMILES string of the molecule is CC1Sc2nnc(-c3ccncc3)n2NC1=O. The van der Waals surface area contributed by atoms with Gasteiger partial charge in [-0.1, -0.05) is 11.8 Å². The van der Waals surface area contributed by atoms with Gasteiger partial charge in [0.25, 0.3) is 5.91 Å². The second-order valence-corrected chi connectivity index (χ2v) is 4.92. The minimum Gasteiger partial charge on any atom is -0.272 e. The zero-order chi connectivity index (χ0) is 11.8. The van der Waals surface area contributed by atoms with Crippen molar-refractivity contribution in [2.75, 3.05) is 5.43 Å². The number of aromatic nitrogens is 4. The van der Waals surface area contributed by atoms with Crippen LogP contribution in [-0.4, -0.2) is 31.0 Å². The fourth-order valence-electron chi connectivity index (χ4n) is 1.55. The molecule has 0 saturated carbocycles. The lowest BCUT2D eigenvalue weighted by atomic mass is 10.2. The molecule has 0 aromatic carbocycles. The zero-order valence-electron chi connectivity index (χ0n) is 8.99. The molecule has 7 heteroatoms. The number of thioether (sulfide) groups is 1. The lowest BCUT2D eigenvalue weighted by molar-refractivity contribution is -0.116. The largest absolute Gasteiger partial charge is 0.272 e. The molecule has 2 aromatic rings. The van der Waals surface area contributed by atoms with Gasteiger partial charge in [0.2, 0.25) is 5.16 Å². The molecule has 1 amide bonds. The highest BCUT2D eigenvalue weighted by Crippen LogP contribution is 2.28. The molecule has 0 aliphatic carbocycles. The molecule has 1 N–H and O–H groups in total.